The molecule has 82 valence electrons. The molecule has 0 N–H and O–H groups in total. The van der Waals surface area contributed by atoms with Crippen molar-refractivity contribution in [1.29, 1.82) is 0 Å². The van der Waals surface area contributed by atoms with Gasteiger partial charge in [-0.2, -0.15) is 0 Å². The number of carbonyl (C=O) groups is 1. The van der Waals surface area contributed by atoms with Crippen LogP contribution in [0.1, 0.15) is 12.0 Å². The summed E-state index contributed by atoms with van der Waals surface area (Å²) in [6.07, 6.45) is 3.83. The molecule has 1 rings (SSSR count). The minimum absolute atomic E-state index is 0.228. The lowest BCUT2D eigenvalue weighted by molar-refractivity contribution is -0.140. The lowest BCUT2D eigenvalue weighted by Gasteiger charge is -2.15. The minimum atomic E-state index is -0.228. The van der Waals surface area contributed by atoms with E-state index in [1.807, 2.05) is 18.9 Å². The highest BCUT2D eigenvalue weighted by atomic mass is 16.5. The molecule has 1 aromatic heterocycles. The molecular weight excluding hydrogens is 194 g/mol. The number of esters is 1. The average Bonchev–Trinajstić information content (AvgIpc) is 2.26. The van der Waals surface area contributed by atoms with Crippen LogP contribution in [0, 0.1) is 6.92 Å². The van der Waals surface area contributed by atoms with Crippen LogP contribution in [-0.2, 0) is 9.53 Å². The highest BCUT2D eigenvalue weighted by Crippen LogP contribution is 2.04. The van der Waals surface area contributed by atoms with Crippen LogP contribution in [0.15, 0.2) is 12.4 Å². The molecule has 0 bridgehead atoms. The summed E-state index contributed by atoms with van der Waals surface area (Å²) >= 11 is 0. The molecule has 1 aromatic rings. The fraction of sp³-hybridized carbons (Fsp3) is 0.500. The number of hydrogen-bond acceptors (Lipinski definition) is 5. The van der Waals surface area contributed by atoms with E-state index in [0.717, 1.165) is 5.56 Å². The molecule has 0 fully saturated rings. The van der Waals surface area contributed by atoms with Gasteiger partial charge in [-0.15, -0.1) is 0 Å². The van der Waals surface area contributed by atoms with Crippen LogP contribution in [0.2, 0.25) is 0 Å². The summed E-state index contributed by atoms with van der Waals surface area (Å²) in [6, 6.07) is 0. The summed E-state index contributed by atoms with van der Waals surface area (Å²) in [6.45, 7) is 2.48. The van der Waals surface area contributed by atoms with Gasteiger partial charge >= 0.3 is 5.97 Å². The first kappa shape index (κ1) is 11.4. The Morgan fingerprint density at radius 2 is 2.07 bits per heavy atom. The summed E-state index contributed by atoms with van der Waals surface area (Å²) < 4.78 is 4.55. The molecule has 5 heteroatoms. The van der Waals surface area contributed by atoms with Gasteiger partial charge in [-0.05, 0) is 12.5 Å². The zero-order valence-electron chi connectivity index (χ0n) is 9.23. The van der Waals surface area contributed by atoms with Crippen LogP contribution in [0.3, 0.4) is 0 Å². The number of nitrogens with zero attached hydrogens (tertiary/aromatic N) is 3. The van der Waals surface area contributed by atoms with Crippen LogP contribution in [0.4, 0.5) is 5.95 Å². The Balaban J connectivity index is 2.50. The maximum Gasteiger partial charge on any atom is 0.307 e. The number of carbonyl (C=O) groups excluding carboxylic acids is 1. The van der Waals surface area contributed by atoms with Gasteiger partial charge in [0.25, 0.3) is 0 Å². The minimum Gasteiger partial charge on any atom is -0.469 e. The van der Waals surface area contributed by atoms with E-state index in [4.69, 9.17) is 0 Å². The van der Waals surface area contributed by atoms with Gasteiger partial charge in [-0.3, -0.25) is 4.79 Å². The van der Waals surface area contributed by atoms with Gasteiger partial charge in [0.15, 0.2) is 0 Å². The lowest BCUT2D eigenvalue weighted by atomic mass is 10.4. The van der Waals surface area contributed by atoms with Crippen LogP contribution < -0.4 is 4.90 Å². The van der Waals surface area contributed by atoms with Crippen molar-refractivity contribution in [2.45, 2.75) is 13.3 Å². The molecule has 0 saturated carbocycles. The predicted octanol–water partition coefficient (Wildman–Crippen LogP) is 0.784. The summed E-state index contributed by atoms with van der Waals surface area (Å²) in [5, 5.41) is 0. The van der Waals surface area contributed by atoms with Gasteiger partial charge in [-0.1, -0.05) is 0 Å². The van der Waals surface area contributed by atoms with Gasteiger partial charge in [0.1, 0.15) is 0 Å². The van der Waals surface area contributed by atoms with Gasteiger partial charge in [0.2, 0.25) is 5.95 Å². The summed E-state index contributed by atoms with van der Waals surface area (Å²) in [4.78, 5) is 21.0. The van der Waals surface area contributed by atoms with Crippen molar-refractivity contribution in [2.75, 3.05) is 25.6 Å². The molecule has 5 nitrogen and oxygen atoms in total. The molecule has 0 radical (unpaired) electrons. The molecule has 0 atom stereocenters. The first-order valence-corrected chi connectivity index (χ1v) is 4.70. The number of methoxy groups -OCH3 is 1. The highest BCUT2D eigenvalue weighted by Gasteiger charge is 2.06. The number of hydrogen-bond donors (Lipinski definition) is 0. The largest absolute Gasteiger partial charge is 0.469 e. The Kier molecular flexibility index (Phi) is 4.03. The van der Waals surface area contributed by atoms with E-state index in [0.29, 0.717) is 18.9 Å². The molecule has 0 amide bonds. The molecule has 0 unspecified atom stereocenters. The third-order valence-corrected chi connectivity index (χ3v) is 1.99. The molecular formula is C10H15N3O2. The molecule has 0 aliphatic heterocycles. The maximum absolute atomic E-state index is 10.9. The van der Waals surface area contributed by atoms with Gasteiger partial charge in [0, 0.05) is 26.0 Å². The van der Waals surface area contributed by atoms with E-state index in [1.165, 1.54) is 7.11 Å². The first-order valence-electron chi connectivity index (χ1n) is 4.70. The summed E-state index contributed by atoms with van der Waals surface area (Å²) in [5.41, 5.74) is 1.01. The zero-order valence-corrected chi connectivity index (χ0v) is 9.23. The molecule has 0 aromatic carbocycles. The van der Waals surface area contributed by atoms with Crippen LogP contribution >= 0.6 is 0 Å². The van der Waals surface area contributed by atoms with Crippen LogP contribution in [0.5, 0.6) is 0 Å². The smallest absolute Gasteiger partial charge is 0.307 e. The highest BCUT2D eigenvalue weighted by molar-refractivity contribution is 5.69. The van der Waals surface area contributed by atoms with Crippen LogP contribution in [-0.4, -0.2) is 36.6 Å². The van der Waals surface area contributed by atoms with E-state index in [1.54, 1.807) is 12.4 Å². The normalized spacial score (nSPS) is 9.80. The molecule has 0 aliphatic rings. The van der Waals surface area contributed by atoms with Gasteiger partial charge in [0.05, 0.1) is 13.5 Å². The number of anilines is 1. The summed E-state index contributed by atoms with van der Waals surface area (Å²) in [5.74, 6) is 0.387. The average molecular weight is 209 g/mol. The van der Waals surface area contributed by atoms with Crippen molar-refractivity contribution in [3.63, 3.8) is 0 Å². The molecule has 0 aliphatic carbocycles. The van der Waals surface area contributed by atoms with Crippen molar-refractivity contribution in [1.82, 2.24) is 9.97 Å². The topological polar surface area (TPSA) is 55.3 Å². The van der Waals surface area contributed by atoms with E-state index in [-0.39, 0.29) is 5.97 Å². The Hall–Kier alpha value is -1.65. The van der Waals surface area contributed by atoms with Crippen molar-refractivity contribution in [2.24, 2.45) is 0 Å². The maximum atomic E-state index is 10.9. The quantitative estimate of drug-likeness (QED) is 0.686. The zero-order chi connectivity index (χ0) is 11.3. The second kappa shape index (κ2) is 5.29. The Morgan fingerprint density at radius 3 is 2.60 bits per heavy atom. The number of rotatable bonds is 4. The third kappa shape index (κ3) is 3.53. The van der Waals surface area contributed by atoms with E-state index < -0.39 is 0 Å². The van der Waals surface area contributed by atoms with Gasteiger partial charge < -0.3 is 9.64 Å². The Bertz CT molecular complexity index is 324. The third-order valence-electron chi connectivity index (χ3n) is 1.99. The SMILES string of the molecule is COC(=O)CCN(C)c1ncc(C)cn1. The van der Waals surface area contributed by atoms with E-state index >= 15 is 0 Å². The number of aryl methyl sites for hydroxylation is 1. The monoisotopic (exact) mass is 209 g/mol. The number of aromatic nitrogens is 2. The van der Waals surface area contributed by atoms with Gasteiger partial charge in [-0.25, -0.2) is 9.97 Å². The second-order valence-corrected chi connectivity index (χ2v) is 3.31. The standard InChI is InChI=1S/C10H15N3O2/c1-8-6-11-10(12-7-8)13(2)5-4-9(14)15-3/h6-7H,4-5H2,1-3H3. The van der Waals surface area contributed by atoms with Crippen molar-refractivity contribution < 1.29 is 9.53 Å². The first-order chi connectivity index (χ1) is 7.13. The lowest BCUT2D eigenvalue weighted by Crippen LogP contribution is -2.23. The fourth-order valence-electron chi connectivity index (χ4n) is 1.04. The van der Waals surface area contributed by atoms with Crippen molar-refractivity contribution in [3.05, 3.63) is 18.0 Å². The van der Waals surface area contributed by atoms with Crippen molar-refractivity contribution in [3.8, 4) is 0 Å². The predicted molar refractivity (Wildman–Crippen MR) is 56.7 cm³/mol. The number of ether oxygens (including phenoxy) is 1. The Morgan fingerprint density at radius 1 is 1.47 bits per heavy atom. The second-order valence-electron chi connectivity index (χ2n) is 3.31. The summed E-state index contributed by atoms with van der Waals surface area (Å²) in [7, 11) is 3.22. The Labute approximate surface area is 89.1 Å². The molecule has 15 heavy (non-hydrogen) atoms. The van der Waals surface area contributed by atoms with E-state index in [9.17, 15) is 4.79 Å². The molecule has 0 spiro atoms. The van der Waals surface area contributed by atoms with Crippen LogP contribution in [0.25, 0.3) is 0 Å². The molecule has 1 heterocycles. The molecule has 0 saturated heterocycles. The van der Waals surface area contributed by atoms with E-state index in [2.05, 4.69) is 14.7 Å². The fourth-order valence-corrected chi connectivity index (χ4v) is 1.04. The van der Waals surface area contributed by atoms with Crippen molar-refractivity contribution >= 4 is 11.9 Å².